The quantitative estimate of drug-likeness (QED) is 0.852. The third-order valence-electron chi connectivity index (χ3n) is 3.65. The smallest absolute Gasteiger partial charge is 0.227 e. The first-order valence-electron chi connectivity index (χ1n) is 6.33. The van der Waals surface area contributed by atoms with E-state index >= 15 is 0 Å². The first kappa shape index (κ1) is 12.9. The van der Waals surface area contributed by atoms with Gasteiger partial charge in [-0.2, -0.15) is 0 Å². The molecule has 0 aliphatic carbocycles. The second kappa shape index (κ2) is 5.40. The predicted octanol–water partition coefficient (Wildman–Crippen LogP) is 1.10. The van der Waals surface area contributed by atoms with Crippen LogP contribution in [0.15, 0.2) is 24.3 Å². The predicted molar refractivity (Wildman–Crippen MR) is 70.5 cm³/mol. The molecule has 1 atom stereocenters. The van der Waals surface area contributed by atoms with Gasteiger partial charge in [-0.25, -0.2) is 0 Å². The van der Waals surface area contributed by atoms with Crippen molar-refractivity contribution in [2.24, 2.45) is 0 Å². The molecule has 4 nitrogen and oxygen atoms in total. The highest BCUT2D eigenvalue weighted by Gasteiger charge is 2.24. The van der Waals surface area contributed by atoms with Crippen LogP contribution in [0, 0.1) is 0 Å². The maximum atomic E-state index is 12.2. The summed E-state index contributed by atoms with van der Waals surface area (Å²) >= 11 is 0. The highest BCUT2D eigenvalue weighted by molar-refractivity contribution is 5.79. The van der Waals surface area contributed by atoms with Gasteiger partial charge in [0.25, 0.3) is 0 Å². The van der Waals surface area contributed by atoms with Gasteiger partial charge < -0.3 is 14.9 Å². The Morgan fingerprint density at radius 1 is 1.39 bits per heavy atom. The molecular formula is C14H20N2O2. The summed E-state index contributed by atoms with van der Waals surface area (Å²) in [4.78, 5) is 16.3. The first-order valence-corrected chi connectivity index (χ1v) is 6.33. The van der Waals surface area contributed by atoms with Gasteiger partial charge in [-0.15, -0.1) is 0 Å². The lowest BCUT2D eigenvalue weighted by Gasteiger charge is -2.37. The van der Waals surface area contributed by atoms with Gasteiger partial charge in [-0.3, -0.25) is 4.79 Å². The molecule has 0 saturated carbocycles. The second-order valence-corrected chi connectivity index (χ2v) is 4.97. The highest BCUT2D eigenvalue weighted by atomic mass is 16.3. The maximum Gasteiger partial charge on any atom is 0.227 e. The molecule has 1 aliphatic heterocycles. The Hall–Kier alpha value is -1.55. The molecule has 0 aromatic heterocycles. The van der Waals surface area contributed by atoms with E-state index in [4.69, 9.17) is 0 Å². The molecular weight excluding hydrogens is 228 g/mol. The highest BCUT2D eigenvalue weighted by Crippen LogP contribution is 2.17. The van der Waals surface area contributed by atoms with Gasteiger partial charge in [-0.1, -0.05) is 18.2 Å². The molecule has 2 rings (SSSR count). The Morgan fingerprint density at radius 3 is 2.78 bits per heavy atom. The van der Waals surface area contributed by atoms with Gasteiger partial charge in [0.05, 0.1) is 6.42 Å². The number of phenolic OH excluding ortho intramolecular Hbond substituents is 1. The summed E-state index contributed by atoms with van der Waals surface area (Å²) in [7, 11) is 2.08. The maximum absolute atomic E-state index is 12.2. The Morgan fingerprint density at radius 2 is 2.11 bits per heavy atom. The number of benzene rings is 1. The van der Waals surface area contributed by atoms with Gasteiger partial charge in [0, 0.05) is 31.2 Å². The summed E-state index contributed by atoms with van der Waals surface area (Å²) in [5, 5.41) is 9.67. The Bertz CT molecular complexity index is 434. The van der Waals surface area contributed by atoms with Gasteiger partial charge in [-0.05, 0) is 20.0 Å². The summed E-state index contributed by atoms with van der Waals surface area (Å²) < 4.78 is 0. The molecule has 98 valence electrons. The van der Waals surface area contributed by atoms with E-state index in [0.29, 0.717) is 11.6 Å². The zero-order valence-corrected chi connectivity index (χ0v) is 11.0. The van der Waals surface area contributed by atoms with E-state index in [2.05, 4.69) is 18.9 Å². The van der Waals surface area contributed by atoms with E-state index in [1.165, 1.54) is 0 Å². The summed E-state index contributed by atoms with van der Waals surface area (Å²) in [5.74, 6) is 0.296. The molecule has 1 aromatic carbocycles. The molecule has 18 heavy (non-hydrogen) atoms. The van der Waals surface area contributed by atoms with E-state index < -0.39 is 0 Å². The Balaban J connectivity index is 1.99. The van der Waals surface area contributed by atoms with Crippen molar-refractivity contribution in [1.29, 1.82) is 0 Å². The lowest BCUT2D eigenvalue weighted by atomic mass is 10.1. The minimum Gasteiger partial charge on any atom is -0.508 e. The number of hydrogen-bond donors (Lipinski definition) is 1. The summed E-state index contributed by atoms with van der Waals surface area (Å²) in [6.07, 6.45) is 0.281. The summed E-state index contributed by atoms with van der Waals surface area (Å²) in [6.45, 7) is 4.57. The van der Waals surface area contributed by atoms with Crippen LogP contribution in [-0.2, 0) is 11.2 Å². The summed E-state index contributed by atoms with van der Waals surface area (Å²) in [6, 6.07) is 7.42. The number of carbonyl (C=O) groups is 1. The number of rotatable bonds is 2. The second-order valence-electron chi connectivity index (χ2n) is 4.97. The zero-order valence-electron chi connectivity index (χ0n) is 11.0. The van der Waals surface area contributed by atoms with Crippen LogP contribution in [0.5, 0.6) is 5.75 Å². The molecule has 1 saturated heterocycles. The van der Waals surface area contributed by atoms with Crippen molar-refractivity contribution >= 4 is 5.91 Å². The lowest BCUT2D eigenvalue weighted by molar-refractivity contribution is -0.133. The van der Waals surface area contributed by atoms with Crippen LogP contribution in [0.1, 0.15) is 12.5 Å². The molecule has 0 bridgehead atoms. The number of amides is 1. The normalized spacial score (nSPS) is 21.0. The van der Waals surface area contributed by atoms with E-state index in [1.807, 2.05) is 11.0 Å². The fraction of sp³-hybridized carbons (Fsp3) is 0.500. The van der Waals surface area contributed by atoms with Gasteiger partial charge in [0.15, 0.2) is 0 Å². The van der Waals surface area contributed by atoms with Crippen LogP contribution >= 0.6 is 0 Å². The molecule has 1 aliphatic rings. The Labute approximate surface area is 108 Å². The van der Waals surface area contributed by atoms with Crippen molar-refractivity contribution in [3.05, 3.63) is 29.8 Å². The molecule has 1 amide bonds. The number of hydrogen-bond acceptors (Lipinski definition) is 3. The van der Waals surface area contributed by atoms with Gasteiger partial charge >= 0.3 is 0 Å². The van der Waals surface area contributed by atoms with Crippen molar-refractivity contribution < 1.29 is 9.90 Å². The van der Waals surface area contributed by atoms with Crippen molar-refractivity contribution in [2.75, 3.05) is 26.7 Å². The largest absolute Gasteiger partial charge is 0.508 e. The molecule has 0 radical (unpaired) electrons. The average molecular weight is 248 g/mol. The van der Waals surface area contributed by atoms with Crippen molar-refractivity contribution in [3.8, 4) is 5.75 Å². The fourth-order valence-electron chi connectivity index (χ4n) is 2.21. The van der Waals surface area contributed by atoms with Gasteiger partial charge in [0.1, 0.15) is 5.75 Å². The van der Waals surface area contributed by atoms with Crippen molar-refractivity contribution in [1.82, 2.24) is 9.80 Å². The third-order valence-corrected chi connectivity index (χ3v) is 3.65. The van der Waals surface area contributed by atoms with Crippen LogP contribution in [0.2, 0.25) is 0 Å². The van der Waals surface area contributed by atoms with E-state index in [0.717, 1.165) is 19.6 Å². The molecule has 4 heteroatoms. The first-order chi connectivity index (χ1) is 8.58. The zero-order chi connectivity index (χ0) is 13.1. The minimum absolute atomic E-state index is 0.0939. The van der Waals surface area contributed by atoms with E-state index in [-0.39, 0.29) is 18.1 Å². The van der Waals surface area contributed by atoms with E-state index in [9.17, 15) is 9.90 Å². The van der Waals surface area contributed by atoms with Crippen molar-refractivity contribution in [2.45, 2.75) is 19.4 Å². The fourth-order valence-corrected chi connectivity index (χ4v) is 2.21. The monoisotopic (exact) mass is 248 g/mol. The molecule has 1 aromatic rings. The minimum atomic E-state index is 0.0939. The molecule has 1 unspecified atom stereocenters. The number of aromatic hydroxyl groups is 1. The van der Waals surface area contributed by atoms with Crippen LogP contribution in [0.25, 0.3) is 0 Å². The van der Waals surface area contributed by atoms with Crippen molar-refractivity contribution in [3.63, 3.8) is 0 Å². The average Bonchev–Trinajstić information content (AvgIpc) is 2.35. The van der Waals surface area contributed by atoms with Crippen LogP contribution < -0.4 is 0 Å². The van der Waals surface area contributed by atoms with E-state index in [1.54, 1.807) is 18.2 Å². The molecule has 1 heterocycles. The number of phenols is 1. The van der Waals surface area contributed by atoms with Gasteiger partial charge in [0.2, 0.25) is 5.91 Å². The summed E-state index contributed by atoms with van der Waals surface area (Å²) in [5.41, 5.74) is 0.703. The number of carbonyl (C=O) groups excluding carboxylic acids is 1. The standard InChI is InChI=1S/C14H20N2O2/c1-11-10-16(8-7-15(11)2)14(18)9-12-5-3-4-6-13(12)17/h3-6,11,17H,7-10H2,1-2H3. The third kappa shape index (κ3) is 2.82. The number of nitrogens with zero attached hydrogens (tertiary/aromatic N) is 2. The van der Waals surface area contributed by atoms with Crippen LogP contribution in [0.3, 0.4) is 0 Å². The Kier molecular flexibility index (Phi) is 3.87. The SMILES string of the molecule is CC1CN(C(=O)Cc2ccccc2O)CCN1C. The topological polar surface area (TPSA) is 43.8 Å². The lowest BCUT2D eigenvalue weighted by Crippen LogP contribution is -2.52. The number of piperazine rings is 1. The van der Waals surface area contributed by atoms with Crippen LogP contribution in [-0.4, -0.2) is 53.5 Å². The van der Waals surface area contributed by atoms with Crippen LogP contribution in [0.4, 0.5) is 0 Å². The molecule has 1 N–H and O–H groups in total. The number of likely N-dealkylation sites (N-methyl/N-ethyl adjacent to an activating group) is 1. The molecule has 1 fully saturated rings. The molecule has 0 spiro atoms. The number of para-hydroxylation sites is 1.